The van der Waals surface area contributed by atoms with Crippen LogP contribution in [0.2, 0.25) is 0 Å². The highest BCUT2D eigenvalue weighted by atomic mass is 79.9. The van der Waals surface area contributed by atoms with Crippen molar-refractivity contribution in [1.29, 1.82) is 0 Å². The van der Waals surface area contributed by atoms with E-state index in [0.29, 0.717) is 0 Å². The number of allylic oxidation sites excluding steroid dienone is 6. The third-order valence-electron chi connectivity index (χ3n) is 5.80. The van der Waals surface area contributed by atoms with Crippen LogP contribution in [0, 0.1) is 0 Å². The molecule has 2 aliphatic rings. The number of hydrogen-bond donors (Lipinski definition) is 0. The molecule has 2 aromatic heterocycles. The van der Waals surface area contributed by atoms with Crippen LogP contribution in [0.5, 0.6) is 0 Å². The summed E-state index contributed by atoms with van der Waals surface area (Å²) < 4.78 is 4.97. The predicted molar refractivity (Wildman–Crippen MR) is 130 cm³/mol. The van der Waals surface area contributed by atoms with Gasteiger partial charge in [-0.25, -0.2) is 0 Å². The molecule has 0 aliphatic heterocycles. The molecule has 3 heteroatoms. The fourth-order valence-corrected chi connectivity index (χ4v) is 5.88. The summed E-state index contributed by atoms with van der Waals surface area (Å²) in [7, 11) is 0. The average molecular weight is 456 g/mol. The van der Waals surface area contributed by atoms with Crippen molar-refractivity contribution in [1.82, 2.24) is 4.57 Å². The lowest BCUT2D eigenvalue weighted by Gasteiger charge is -2.11. The van der Waals surface area contributed by atoms with Crippen LogP contribution in [0.15, 0.2) is 77.3 Å². The monoisotopic (exact) mass is 455 g/mol. The smallest absolute Gasteiger partial charge is 0.0537 e. The Bertz CT molecular complexity index is 1410. The van der Waals surface area contributed by atoms with Gasteiger partial charge in [0.2, 0.25) is 0 Å². The summed E-state index contributed by atoms with van der Waals surface area (Å²) in [5.41, 5.74) is 6.65. The lowest BCUT2D eigenvalue weighted by molar-refractivity contribution is 1.00. The van der Waals surface area contributed by atoms with Gasteiger partial charge in [0.05, 0.1) is 5.52 Å². The summed E-state index contributed by atoms with van der Waals surface area (Å²) >= 11 is 5.51. The first kappa shape index (κ1) is 17.3. The van der Waals surface area contributed by atoms with Crippen LogP contribution in [-0.2, 0) is 12.8 Å². The molecule has 0 unspecified atom stereocenters. The van der Waals surface area contributed by atoms with Crippen molar-refractivity contribution in [3.63, 3.8) is 0 Å². The SMILES string of the molecule is BrC1=CCc2c(sc3ccc(-n4c5c(c6ccccc64)C=CC=CC5)cc23)C=C1. The summed E-state index contributed by atoms with van der Waals surface area (Å²) in [5, 5.41) is 2.69. The molecule has 0 bridgehead atoms. The van der Waals surface area contributed by atoms with Crippen LogP contribution in [0.3, 0.4) is 0 Å². The van der Waals surface area contributed by atoms with Gasteiger partial charge in [0.15, 0.2) is 0 Å². The minimum Gasteiger partial charge on any atom is -0.313 e. The number of para-hydroxylation sites is 1. The van der Waals surface area contributed by atoms with Gasteiger partial charge in [-0.05, 0) is 53.8 Å². The van der Waals surface area contributed by atoms with E-state index in [-0.39, 0.29) is 0 Å². The quantitative estimate of drug-likeness (QED) is 0.275. The Morgan fingerprint density at radius 3 is 2.79 bits per heavy atom. The van der Waals surface area contributed by atoms with Gasteiger partial charge in [-0.3, -0.25) is 0 Å². The highest BCUT2D eigenvalue weighted by molar-refractivity contribution is 9.11. The van der Waals surface area contributed by atoms with E-state index < -0.39 is 0 Å². The van der Waals surface area contributed by atoms with Crippen molar-refractivity contribution >= 4 is 60.4 Å². The molecule has 6 rings (SSSR count). The van der Waals surface area contributed by atoms with Gasteiger partial charge in [0, 0.05) is 42.8 Å². The third-order valence-corrected chi connectivity index (χ3v) is 7.56. The normalized spacial score (nSPS) is 15.3. The maximum Gasteiger partial charge on any atom is 0.0537 e. The molecule has 0 radical (unpaired) electrons. The Balaban J connectivity index is 1.63. The van der Waals surface area contributed by atoms with E-state index in [4.69, 9.17) is 0 Å². The van der Waals surface area contributed by atoms with Crippen molar-refractivity contribution in [3.05, 3.63) is 99.0 Å². The molecule has 2 heterocycles. The fraction of sp³-hybridized carbons (Fsp3) is 0.0769. The van der Waals surface area contributed by atoms with Gasteiger partial charge in [-0.2, -0.15) is 0 Å². The van der Waals surface area contributed by atoms with Gasteiger partial charge in [0.1, 0.15) is 0 Å². The lowest BCUT2D eigenvalue weighted by Crippen LogP contribution is -2.00. The van der Waals surface area contributed by atoms with Crippen molar-refractivity contribution in [2.45, 2.75) is 12.8 Å². The van der Waals surface area contributed by atoms with Crippen molar-refractivity contribution in [3.8, 4) is 5.69 Å². The van der Waals surface area contributed by atoms with Gasteiger partial charge in [-0.1, -0.05) is 64.5 Å². The largest absolute Gasteiger partial charge is 0.313 e. The van der Waals surface area contributed by atoms with Crippen molar-refractivity contribution < 1.29 is 0 Å². The highest BCUT2D eigenvalue weighted by Gasteiger charge is 2.18. The number of halogens is 1. The molecule has 0 N–H and O–H groups in total. The van der Waals surface area contributed by atoms with Crippen LogP contribution in [-0.4, -0.2) is 4.57 Å². The van der Waals surface area contributed by atoms with E-state index in [2.05, 4.69) is 105 Å². The Labute approximate surface area is 182 Å². The molecular formula is C26H18BrNS. The van der Waals surface area contributed by atoms with Gasteiger partial charge in [0.25, 0.3) is 0 Å². The second kappa shape index (κ2) is 6.72. The van der Waals surface area contributed by atoms with Crippen LogP contribution in [0.1, 0.15) is 21.7 Å². The standard InChI is InChI=1S/C26H18BrNS/c27-17-10-13-21-22-16-18(12-15-26(22)29-25(21)14-11-17)28-23-8-3-1-2-6-19(23)20-7-4-5-9-24(20)28/h1-7,9-12,14-16H,8,13H2. The van der Waals surface area contributed by atoms with E-state index in [9.17, 15) is 0 Å². The maximum absolute atomic E-state index is 3.63. The Hall–Kier alpha value is -2.62. The lowest BCUT2D eigenvalue weighted by atomic mass is 10.1. The Morgan fingerprint density at radius 1 is 0.897 bits per heavy atom. The zero-order valence-corrected chi connectivity index (χ0v) is 18.1. The summed E-state index contributed by atoms with van der Waals surface area (Å²) in [6.07, 6.45) is 17.4. The third kappa shape index (κ3) is 2.72. The Kier molecular flexibility index (Phi) is 4.00. The first-order valence-corrected chi connectivity index (χ1v) is 11.5. The number of nitrogens with zero attached hydrogens (tertiary/aromatic N) is 1. The number of aromatic nitrogens is 1. The summed E-state index contributed by atoms with van der Waals surface area (Å²) in [6.45, 7) is 0. The van der Waals surface area contributed by atoms with E-state index >= 15 is 0 Å². The summed E-state index contributed by atoms with van der Waals surface area (Å²) in [5.74, 6) is 0. The average Bonchev–Trinajstić information content (AvgIpc) is 3.03. The van der Waals surface area contributed by atoms with E-state index in [1.165, 1.54) is 48.4 Å². The molecule has 0 saturated carbocycles. The van der Waals surface area contributed by atoms with Crippen LogP contribution in [0.4, 0.5) is 0 Å². The van der Waals surface area contributed by atoms with Crippen LogP contribution < -0.4 is 0 Å². The molecule has 0 atom stereocenters. The highest BCUT2D eigenvalue weighted by Crippen LogP contribution is 2.38. The summed E-state index contributed by atoms with van der Waals surface area (Å²) in [4.78, 5) is 1.37. The fourth-order valence-electron chi connectivity index (χ4n) is 4.47. The molecular weight excluding hydrogens is 438 g/mol. The number of hydrogen-bond acceptors (Lipinski definition) is 1. The zero-order valence-electron chi connectivity index (χ0n) is 15.7. The first-order chi connectivity index (χ1) is 14.3. The van der Waals surface area contributed by atoms with Crippen LogP contribution in [0.25, 0.3) is 38.8 Å². The number of thiophene rings is 1. The van der Waals surface area contributed by atoms with Crippen molar-refractivity contribution in [2.75, 3.05) is 0 Å². The first-order valence-electron chi connectivity index (χ1n) is 9.85. The second-order valence-electron chi connectivity index (χ2n) is 7.46. The molecule has 0 saturated heterocycles. The molecule has 140 valence electrons. The molecule has 4 aromatic rings. The van der Waals surface area contributed by atoms with Crippen molar-refractivity contribution in [2.24, 2.45) is 0 Å². The van der Waals surface area contributed by atoms with Gasteiger partial charge >= 0.3 is 0 Å². The molecule has 0 amide bonds. The minimum absolute atomic E-state index is 0.940. The molecule has 0 fully saturated rings. The van der Waals surface area contributed by atoms with E-state index in [1.807, 2.05) is 11.3 Å². The summed E-state index contributed by atoms with van der Waals surface area (Å²) in [6, 6.07) is 15.7. The molecule has 2 aromatic carbocycles. The maximum atomic E-state index is 3.63. The second-order valence-corrected chi connectivity index (χ2v) is 9.46. The number of fused-ring (bicyclic) bond motifs is 6. The molecule has 0 spiro atoms. The number of benzene rings is 2. The molecule has 29 heavy (non-hydrogen) atoms. The molecule has 2 aliphatic carbocycles. The van der Waals surface area contributed by atoms with E-state index in [1.54, 1.807) is 0 Å². The van der Waals surface area contributed by atoms with Gasteiger partial charge < -0.3 is 4.57 Å². The number of rotatable bonds is 1. The van der Waals surface area contributed by atoms with Gasteiger partial charge in [-0.15, -0.1) is 11.3 Å². The Morgan fingerprint density at radius 2 is 1.83 bits per heavy atom. The predicted octanol–water partition coefficient (Wildman–Crippen LogP) is 7.82. The minimum atomic E-state index is 0.940. The zero-order chi connectivity index (χ0) is 19.4. The van der Waals surface area contributed by atoms with Crippen LogP contribution >= 0.6 is 27.3 Å². The van der Waals surface area contributed by atoms with E-state index in [0.717, 1.165) is 17.3 Å². The molecule has 1 nitrogen and oxygen atoms in total. The topological polar surface area (TPSA) is 4.93 Å².